The lowest BCUT2D eigenvalue weighted by atomic mass is 10.0. The molecule has 32 heavy (non-hydrogen) atoms. The zero-order chi connectivity index (χ0) is 22.5. The topological polar surface area (TPSA) is 98.6 Å². The maximum absolute atomic E-state index is 12.5. The average molecular weight is 441 g/mol. The third kappa shape index (κ3) is 4.71. The van der Waals surface area contributed by atoms with Crippen molar-refractivity contribution >= 4 is 28.4 Å². The Balaban J connectivity index is 1.46. The molecule has 1 amide bonds. The zero-order valence-corrected chi connectivity index (χ0v) is 18.1. The molecule has 0 aliphatic carbocycles. The number of nitrogens with zero attached hydrogens (tertiary/aromatic N) is 2. The van der Waals surface area contributed by atoms with Crippen molar-refractivity contribution in [2.24, 2.45) is 0 Å². The number of amides is 1. The van der Waals surface area contributed by atoms with Gasteiger partial charge in [0.2, 0.25) is 5.91 Å². The number of aromatic nitrogens is 2. The minimum absolute atomic E-state index is 0.0464. The second-order valence-corrected chi connectivity index (χ2v) is 8.22. The number of aromatic amines is 1. The number of nitrogens with one attached hydrogen (secondary N) is 2. The van der Waals surface area contributed by atoms with Crippen LogP contribution in [0.2, 0.25) is 0 Å². The predicted molar refractivity (Wildman–Crippen MR) is 126 cm³/mol. The summed E-state index contributed by atoms with van der Waals surface area (Å²) < 4.78 is 0. The molecule has 0 aliphatic rings. The highest BCUT2D eigenvalue weighted by Gasteiger charge is 2.15. The van der Waals surface area contributed by atoms with Crippen LogP contribution in [0, 0.1) is 11.3 Å². The van der Waals surface area contributed by atoms with Gasteiger partial charge in [0.1, 0.15) is 11.6 Å². The van der Waals surface area contributed by atoms with Crippen LogP contribution < -0.4 is 10.9 Å². The predicted octanol–water partition coefficient (Wildman–Crippen LogP) is 4.43. The van der Waals surface area contributed by atoms with Gasteiger partial charge < -0.3 is 10.3 Å². The van der Waals surface area contributed by atoms with Crippen LogP contribution in [0.25, 0.3) is 22.0 Å². The first-order chi connectivity index (χ1) is 15.5. The highest BCUT2D eigenvalue weighted by molar-refractivity contribution is 7.99. The van der Waals surface area contributed by atoms with Crippen LogP contribution in [-0.2, 0) is 4.79 Å². The Morgan fingerprint density at radius 3 is 2.56 bits per heavy atom. The monoisotopic (exact) mass is 440 g/mol. The Morgan fingerprint density at radius 2 is 1.81 bits per heavy atom. The molecule has 6 nitrogen and oxygen atoms in total. The van der Waals surface area contributed by atoms with E-state index in [1.165, 1.54) is 0 Å². The standard InChI is InChI=1S/C25H20N4O2S/c1-16(19-12-11-17-7-5-6-10-20(17)13-19)27-22(30)15-32-25-28-23(18-8-3-2-4-9-18)21(14-26)24(31)29-25/h2-13,16H,15H2,1H3,(H,27,30)(H,28,29,31)/t16-/m1/s1. The number of fused-ring (bicyclic) bond motifs is 1. The van der Waals surface area contributed by atoms with Crippen molar-refractivity contribution in [1.82, 2.24) is 15.3 Å². The highest BCUT2D eigenvalue weighted by atomic mass is 32.2. The molecule has 1 aromatic heterocycles. The van der Waals surface area contributed by atoms with E-state index in [1.807, 2.05) is 67.6 Å². The van der Waals surface area contributed by atoms with E-state index in [9.17, 15) is 14.9 Å². The number of nitriles is 1. The van der Waals surface area contributed by atoms with Crippen molar-refractivity contribution in [1.29, 1.82) is 5.26 Å². The molecule has 0 unspecified atom stereocenters. The fraction of sp³-hybridized carbons (Fsp3) is 0.120. The lowest BCUT2D eigenvalue weighted by Gasteiger charge is -2.15. The number of rotatable bonds is 6. The molecule has 0 spiro atoms. The summed E-state index contributed by atoms with van der Waals surface area (Å²) in [7, 11) is 0. The van der Waals surface area contributed by atoms with E-state index in [1.54, 1.807) is 12.1 Å². The largest absolute Gasteiger partial charge is 0.349 e. The van der Waals surface area contributed by atoms with Crippen LogP contribution in [-0.4, -0.2) is 21.6 Å². The van der Waals surface area contributed by atoms with E-state index >= 15 is 0 Å². The lowest BCUT2D eigenvalue weighted by molar-refractivity contribution is -0.119. The fourth-order valence-electron chi connectivity index (χ4n) is 3.41. The van der Waals surface area contributed by atoms with Gasteiger partial charge in [-0.1, -0.05) is 78.5 Å². The zero-order valence-electron chi connectivity index (χ0n) is 17.3. The van der Waals surface area contributed by atoms with E-state index in [4.69, 9.17) is 0 Å². The highest BCUT2D eigenvalue weighted by Crippen LogP contribution is 2.23. The van der Waals surface area contributed by atoms with Crippen molar-refractivity contribution < 1.29 is 4.79 Å². The van der Waals surface area contributed by atoms with E-state index < -0.39 is 5.56 Å². The van der Waals surface area contributed by atoms with Gasteiger partial charge in [0.15, 0.2) is 5.16 Å². The lowest BCUT2D eigenvalue weighted by Crippen LogP contribution is -2.28. The van der Waals surface area contributed by atoms with Crippen molar-refractivity contribution in [2.45, 2.75) is 18.1 Å². The third-order valence-electron chi connectivity index (χ3n) is 5.05. The van der Waals surface area contributed by atoms with Crippen LogP contribution in [0.1, 0.15) is 24.1 Å². The van der Waals surface area contributed by atoms with Gasteiger partial charge in [0, 0.05) is 5.56 Å². The summed E-state index contributed by atoms with van der Waals surface area (Å²) in [6.45, 7) is 1.93. The summed E-state index contributed by atoms with van der Waals surface area (Å²) in [5.41, 5.74) is 1.43. The van der Waals surface area contributed by atoms with Crippen LogP contribution in [0.3, 0.4) is 0 Å². The van der Waals surface area contributed by atoms with Gasteiger partial charge in [0.05, 0.1) is 17.5 Å². The molecule has 0 radical (unpaired) electrons. The summed E-state index contributed by atoms with van der Waals surface area (Å²) in [5, 5.41) is 14.9. The van der Waals surface area contributed by atoms with Gasteiger partial charge in [-0.05, 0) is 29.3 Å². The molecule has 158 valence electrons. The first kappa shape index (κ1) is 21.3. The molecule has 0 bridgehead atoms. The van der Waals surface area contributed by atoms with Gasteiger partial charge in [-0.15, -0.1) is 0 Å². The molecule has 2 N–H and O–H groups in total. The normalized spacial score (nSPS) is 11.6. The smallest absolute Gasteiger partial charge is 0.270 e. The van der Waals surface area contributed by atoms with Crippen LogP contribution in [0.5, 0.6) is 0 Å². The molecule has 0 fully saturated rings. The second kappa shape index (κ2) is 9.50. The molecule has 1 atom stereocenters. The summed E-state index contributed by atoms with van der Waals surface area (Å²) in [5.74, 6) is -0.0926. The molecule has 4 aromatic rings. The molecule has 0 aliphatic heterocycles. The van der Waals surface area contributed by atoms with Crippen LogP contribution >= 0.6 is 11.8 Å². The Bertz CT molecular complexity index is 1380. The molecular formula is C25H20N4O2S. The number of hydrogen-bond acceptors (Lipinski definition) is 5. The van der Waals surface area contributed by atoms with Crippen molar-refractivity contribution in [2.75, 3.05) is 5.75 Å². The Morgan fingerprint density at radius 1 is 1.09 bits per heavy atom. The quantitative estimate of drug-likeness (QED) is 0.341. The Labute approximate surface area is 189 Å². The van der Waals surface area contributed by atoms with E-state index in [0.717, 1.165) is 28.1 Å². The van der Waals surface area contributed by atoms with Gasteiger partial charge in [-0.25, -0.2) is 4.98 Å². The van der Waals surface area contributed by atoms with E-state index in [-0.39, 0.29) is 23.3 Å². The summed E-state index contributed by atoms with van der Waals surface area (Å²) in [6, 6.07) is 25.0. The third-order valence-corrected chi connectivity index (χ3v) is 5.92. The second-order valence-electron chi connectivity index (χ2n) is 7.26. The van der Waals surface area contributed by atoms with Gasteiger partial charge >= 0.3 is 0 Å². The number of carbonyl (C=O) groups excluding carboxylic acids is 1. The summed E-state index contributed by atoms with van der Waals surface area (Å²) >= 11 is 1.12. The number of H-pyrrole nitrogens is 1. The number of carbonyl (C=O) groups is 1. The maximum atomic E-state index is 12.5. The fourth-order valence-corrected chi connectivity index (χ4v) is 4.08. The first-order valence-corrected chi connectivity index (χ1v) is 11.0. The molecule has 0 saturated carbocycles. The van der Waals surface area contributed by atoms with E-state index in [0.29, 0.717) is 16.4 Å². The van der Waals surface area contributed by atoms with Gasteiger partial charge in [-0.2, -0.15) is 5.26 Å². The van der Waals surface area contributed by atoms with Gasteiger partial charge in [-0.3, -0.25) is 9.59 Å². The molecule has 7 heteroatoms. The minimum atomic E-state index is -0.520. The van der Waals surface area contributed by atoms with Crippen LogP contribution in [0.15, 0.2) is 82.7 Å². The van der Waals surface area contributed by atoms with Crippen molar-refractivity contribution in [3.05, 3.63) is 94.3 Å². The number of hydrogen-bond donors (Lipinski definition) is 2. The van der Waals surface area contributed by atoms with Crippen molar-refractivity contribution in [3.63, 3.8) is 0 Å². The number of thioether (sulfide) groups is 1. The minimum Gasteiger partial charge on any atom is -0.349 e. The Hall–Kier alpha value is -3.89. The van der Waals surface area contributed by atoms with Crippen molar-refractivity contribution in [3.8, 4) is 17.3 Å². The SMILES string of the molecule is C[C@@H](NC(=O)CSc1nc(-c2ccccc2)c(C#N)c(=O)[nH]1)c1ccc2ccccc2c1. The summed E-state index contributed by atoms with van der Waals surface area (Å²) in [6.07, 6.45) is 0. The molecular weight excluding hydrogens is 420 g/mol. The Kier molecular flexibility index (Phi) is 6.34. The van der Waals surface area contributed by atoms with Crippen LogP contribution in [0.4, 0.5) is 0 Å². The molecule has 0 saturated heterocycles. The number of benzene rings is 3. The summed E-state index contributed by atoms with van der Waals surface area (Å²) in [4.78, 5) is 31.9. The molecule has 3 aromatic carbocycles. The average Bonchev–Trinajstić information content (AvgIpc) is 2.82. The maximum Gasteiger partial charge on any atom is 0.270 e. The first-order valence-electron chi connectivity index (χ1n) is 10.1. The van der Waals surface area contributed by atoms with E-state index in [2.05, 4.69) is 21.4 Å². The molecule has 1 heterocycles. The molecule has 4 rings (SSSR count). The van der Waals surface area contributed by atoms with Gasteiger partial charge in [0.25, 0.3) is 5.56 Å².